The van der Waals surface area contributed by atoms with Crippen LogP contribution in [0.3, 0.4) is 0 Å². The molecule has 4 amide bonds. The van der Waals surface area contributed by atoms with Gasteiger partial charge in [-0.1, -0.05) is 34.6 Å². The molecule has 4 aliphatic heterocycles. The van der Waals surface area contributed by atoms with Gasteiger partial charge in [0.15, 0.2) is 0 Å². The van der Waals surface area contributed by atoms with E-state index in [9.17, 15) is 80.5 Å². The van der Waals surface area contributed by atoms with E-state index in [2.05, 4.69) is 58.8 Å². The van der Waals surface area contributed by atoms with Crippen LogP contribution in [0.25, 0.3) is 0 Å². The zero-order valence-electron chi connectivity index (χ0n) is 96.6. The molecule has 4 rings (SSSR count). The minimum absolute atomic E-state index is 0.272. The number of hydrogen-bond acceptors (Lipinski definition) is 39. The Kier molecular flexibility index (Phi) is 90.9. The Labute approximate surface area is 905 Å². The minimum Gasteiger partial charge on any atom is -0.453 e. The molecule has 12 unspecified atom stereocenters. The van der Waals surface area contributed by atoms with Gasteiger partial charge in [0.25, 0.3) is 0 Å². The lowest BCUT2D eigenvalue weighted by Gasteiger charge is -2.33. The molecule has 0 aliphatic carbocycles. The van der Waals surface area contributed by atoms with Crippen LogP contribution >= 0.6 is 0 Å². The number of methoxy groups -OCH3 is 6. The van der Waals surface area contributed by atoms with E-state index < -0.39 is 48.8 Å². The summed E-state index contributed by atoms with van der Waals surface area (Å²) < 4.78 is 57.4. The maximum Gasteiger partial charge on any atom is 0.409 e. The summed E-state index contributed by atoms with van der Waals surface area (Å²) in [5.74, 6) is 0. The summed E-state index contributed by atoms with van der Waals surface area (Å²) >= 11 is 0. The number of carbonyl (C=O) groups excluding carboxylic acids is 4. The fourth-order valence-electron chi connectivity index (χ4n) is 18.6. The lowest BCUT2D eigenvalue weighted by atomic mass is 10.1. The number of aliphatic hydroxyl groups excluding tert-OH is 12. The number of nitrogens with zero attached hydrogens (tertiary/aromatic N) is 16. The molecule has 150 heavy (non-hydrogen) atoms. The molecule has 0 aromatic carbocycles. The van der Waals surface area contributed by atoms with Crippen molar-refractivity contribution in [2.45, 2.75) is 264 Å². The van der Waals surface area contributed by atoms with E-state index >= 15 is 0 Å². The topological polar surface area (TPSA) is 464 Å². The van der Waals surface area contributed by atoms with Crippen molar-refractivity contribution < 1.29 is 133 Å². The first-order chi connectivity index (χ1) is 72.3. The first-order valence-electron chi connectivity index (χ1n) is 57.3. The molecule has 12 atom stereocenters. The fourth-order valence-corrected chi connectivity index (χ4v) is 18.6. The van der Waals surface area contributed by atoms with Crippen LogP contribution in [0, 0.1) is 0 Å². The fraction of sp³-hybridized carbons (Fsp3) is 0.963. The van der Waals surface area contributed by atoms with Crippen LogP contribution in [-0.4, -0.2) is 647 Å². The number of amides is 4. The standard InChI is InChI=1S/C29H60N4O8.C27H56N4O8.C27H56N4O6.C24H50N4O5/c1-5-40-24-27(35)22-31-12-9-13-32(23-28(36)25-41-6-2)18-19-33(29(37)39-4)15-10-14-30(16-17-31)21-26(34)11-7-8-20-38-3;1-5-37-21-24(32)18-28-10-8-11-30(20-26(34)23-39-7-3)16-17-31(27(35)36-4)13-9-12-29(15-14-28)19-25(33)22-38-6-2;1-5-24(32)21-28-12-9-13-30(22-25(33)6-2)18-19-31(27(35)37-4)15-10-14-29(17-16-28)23-26(34)11-7-8-20-36-3;1-5-21(29)18-25-10-8-11-27(20-23(31)7-3)16-17-28(24(32)33-4)13-9-12-26(15-14-25)19-22(30)6-2/h26-28,34-36H,5-25H2,1-4H3;24-26,32-34H,5-23H2,1-4H3;24-26,32-34H,5-23H2,1-4H3;21-23,29-31H,5-20H2,1-4H3. The van der Waals surface area contributed by atoms with Crippen molar-refractivity contribution in [2.24, 2.45) is 0 Å². The van der Waals surface area contributed by atoms with Crippen LogP contribution in [0.2, 0.25) is 0 Å². The first kappa shape index (κ1) is 144. The number of ether oxygens (including phenoxy) is 11. The normalized spacial score (nSPS) is 20.7. The molecule has 4 saturated heterocycles. The second-order valence-electron chi connectivity index (χ2n) is 40.4. The highest BCUT2D eigenvalue weighted by atomic mass is 16.6. The van der Waals surface area contributed by atoms with Gasteiger partial charge < -0.3 is 133 Å². The Hall–Kier alpha value is -4.16. The number of hydrogen-bond donors (Lipinski definition) is 12. The van der Waals surface area contributed by atoms with Gasteiger partial charge in [-0.25, -0.2) is 19.2 Å². The van der Waals surface area contributed by atoms with Crippen LogP contribution in [0.4, 0.5) is 19.2 Å². The second-order valence-corrected chi connectivity index (χ2v) is 40.4. The van der Waals surface area contributed by atoms with Gasteiger partial charge in [-0.3, -0.25) is 58.8 Å². The van der Waals surface area contributed by atoms with Crippen LogP contribution in [0.15, 0.2) is 0 Å². The Bertz CT molecular complexity index is 3100. The molecule has 43 heteroatoms. The van der Waals surface area contributed by atoms with Crippen molar-refractivity contribution in [1.29, 1.82) is 0 Å². The predicted octanol–water partition coefficient (Wildman–Crippen LogP) is 3.22. The average Bonchev–Trinajstić information content (AvgIpc) is 0.900. The zero-order valence-corrected chi connectivity index (χ0v) is 96.6. The van der Waals surface area contributed by atoms with E-state index in [1.54, 1.807) is 33.8 Å². The molecule has 0 aromatic heterocycles. The van der Waals surface area contributed by atoms with Gasteiger partial charge >= 0.3 is 24.4 Å². The van der Waals surface area contributed by atoms with Crippen molar-refractivity contribution in [2.75, 3.05) is 410 Å². The molecule has 892 valence electrons. The molecule has 12 N–H and O–H groups in total. The summed E-state index contributed by atoms with van der Waals surface area (Å²) in [4.78, 5) is 83.7. The van der Waals surface area contributed by atoms with E-state index in [4.69, 9.17) is 52.1 Å². The summed E-state index contributed by atoms with van der Waals surface area (Å²) in [6, 6.07) is 0. The van der Waals surface area contributed by atoms with E-state index in [0.717, 1.165) is 221 Å². The Morgan fingerprint density at radius 2 is 0.340 bits per heavy atom. The Morgan fingerprint density at radius 1 is 0.193 bits per heavy atom. The van der Waals surface area contributed by atoms with Crippen LogP contribution in [-0.2, 0) is 52.1 Å². The first-order valence-corrected chi connectivity index (χ1v) is 57.3. The highest BCUT2D eigenvalue weighted by molar-refractivity contribution is 5.68. The molecule has 4 fully saturated rings. The highest BCUT2D eigenvalue weighted by Crippen LogP contribution is 2.17. The Morgan fingerprint density at radius 3 is 0.487 bits per heavy atom. The van der Waals surface area contributed by atoms with Crippen molar-refractivity contribution in [3.8, 4) is 0 Å². The third-order valence-corrected chi connectivity index (χ3v) is 27.6. The molecule has 0 radical (unpaired) electrons. The number of carbonyl (C=O) groups is 4. The monoisotopic (exact) mass is 2160 g/mol. The summed E-state index contributed by atoms with van der Waals surface area (Å²) in [5, 5.41) is 125. The van der Waals surface area contributed by atoms with Crippen LogP contribution in [0.5, 0.6) is 0 Å². The van der Waals surface area contributed by atoms with Crippen molar-refractivity contribution in [3.05, 3.63) is 0 Å². The zero-order chi connectivity index (χ0) is 111. The summed E-state index contributed by atoms with van der Waals surface area (Å²) in [5.41, 5.74) is 0. The van der Waals surface area contributed by atoms with Gasteiger partial charge in [-0.05, 0) is 235 Å². The highest BCUT2D eigenvalue weighted by Gasteiger charge is 2.30. The van der Waals surface area contributed by atoms with Gasteiger partial charge in [-0.2, -0.15) is 0 Å². The maximum absolute atomic E-state index is 12.5. The molecule has 4 aliphatic rings. The van der Waals surface area contributed by atoms with Crippen molar-refractivity contribution in [1.82, 2.24) is 78.4 Å². The van der Waals surface area contributed by atoms with Crippen molar-refractivity contribution >= 4 is 24.4 Å². The summed E-state index contributed by atoms with van der Waals surface area (Å²) in [7, 11) is 9.01. The number of aliphatic hydroxyl groups is 12. The number of unbranched alkanes of at least 4 members (excludes halogenated alkanes) is 2. The van der Waals surface area contributed by atoms with Gasteiger partial charge in [0, 0.05) is 270 Å². The second kappa shape index (κ2) is 94.8. The molecular weight excluding hydrogens is 1940 g/mol. The lowest BCUT2D eigenvalue weighted by Crippen LogP contribution is -2.46. The van der Waals surface area contributed by atoms with Gasteiger partial charge in [0.1, 0.15) is 0 Å². The third kappa shape index (κ3) is 75.0. The van der Waals surface area contributed by atoms with E-state index in [1.807, 2.05) is 69.2 Å². The molecule has 43 nitrogen and oxygen atoms in total. The van der Waals surface area contributed by atoms with Gasteiger partial charge in [0.05, 0.1) is 135 Å². The maximum atomic E-state index is 12.5. The smallest absolute Gasteiger partial charge is 0.409 e. The average molecular weight is 2170 g/mol. The molecule has 4 heterocycles. The van der Waals surface area contributed by atoms with Crippen molar-refractivity contribution in [3.63, 3.8) is 0 Å². The van der Waals surface area contributed by atoms with Gasteiger partial charge in [0.2, 0.25) is 0 Å². The molecule has 0 bridgehead atoms. The molecule has 0 saturated carbocycles. The van der Waals surface area contributed by atoms with Crippen LogP contribution in [0.1, 0.15) is 191 Å². The summed E-state index contributed by atoms with van der Waals surface area (Å²) in [6.45, 7) is 54.1. The number of rotatable bonds is 54. The number of β-amino-alcohol motifs (C(OH)–C–C–N with tert-alkyl or cyclic N) is 12. The summed E-state index contributed by atoms with van der Waals surface area (Å²) in [6.07, 6.45) is 8.20. The van der Waals surface area contributed by atoms with Crippen LogP contribution < -0.4 is 0 Å². The van der Waals surface area contributed by atoms with E-state index in [0.29, 0.717) is 249 Å². The quantitative estimate of drug-likeness (QED) is 0.0307. The van der Waals surface area contributed by atoms with E-state index in [-0.39, 0.29) is 68.6 Å². The largest absolute Gasteiger partial charge is 0.453 e. The Balaban J connectivity index is 0.00000100. The van der Waals surface area contributed by atoms with Gasteiger partial charge in [-0.15, -0.1) is 0 Å². The molecular formula is C107H222N16O27. The minimum atomic E-state index is -0.615. The third-order valence-electron chi connectivity index (χ3n) is 27.6. The van der Waals surface area contributed by atoms with E-state index in [1.165, 1.54) is 28.4 Å². The molecule has 0 aromatic rings. The SMILES string of the molecule is CCC(O)CN1CCCN(CC(O)CC)CCN(C(=O)OC)CCCN(CC(O)CC)CC1.CCC(O)CN1CCCN(CC(O)CC)CCN(C(=O)OC)CCCN(CC(O)CCCCOC)CC1.CCOCC(O)CN1CCCN(CC(O)COCC)CCN(C(=O)OC)CCCN(CC(O)CCCCOC)CC1.CCOCC(O)CN1CCCN(CC(O)COCC)CCN(C(=O)OC)CCCN(CC(O)COCC)CC1. The predicted molar refractivity (Wildman–Crippen MR) is 588 cm³/mol. The lowest BCUT2D eigenvalue weighted by molar-refractivity contribution is 0.00686. The molecule has 0 spiro atoms.